The zero-order valence-corrected chi connectivity index (χ0v) is 14.4. The van der Waals surface area contributed by atoms with E-state index in [1.54, 1.807) is 23.7 Å². The summed E-state index contributed by atoms with van der Waals surface area (Å²) in [5.74, 6) is 0.622. The molecule has 0 aromatic carbocycles. The van der Waals surface area contributed by atoms with Gasteiger partial charge in [-0.15, -0.1) is 4.52 Å². The van der Waals surface area contributed by atoms with Crippen LogP contribution >= 0.6 is 11.6 Å². The van der Waals surface area contributed by atoms with E-state index in [0.717, 1.165) is 11.3 Å². The van der Waals surface area contributed by atoms with Crippen molar-refractivity contribution >= 4 is 23.0 Å². The molecule has 4 heterocycles. The average molecular weight is 356 g/mol. The smallest absolute Gasteiger partial charge is 0.386 e. The van der Waals surface area contributed by atoms with Crippen LogP contribution in [0.4, 0.5) is 5.69 Å². The van der Waals surface area contributed by atoms with Crippen LogP contribution in [0, 0.1) is 13.8 Å². The number of fused-ring (bicyclic) bond motifs is 1. The third kappa shape index (κ3) is 3.06. The molecule has 8 heteroatoms. The second kappa shape index (κ2) is 6.18. The lowest BCUT2D eigenvalue weighted by Crippen LogP contribution is -2.34. The number of pyridine rings is 2. The summed E-state index contributed by atoms with van der Waals surface area (Å²) in [5, 5.41) is 8.80. The van der Waals surface area contributed by atoms with E-state index >= 15 is 0 Å². The molecule has 0 spiro atoms. The largest absolute Gasteiger partial charge is 0.407 e. The van der Waals surface area contributed by atoms with Crippen molar-refractivity contribution in [3.05, 3.63) is 70.1 Å². The molecule has 0 atom stereocenters. The molecule has 4 aromatic rings. The van der Waals surface area contributed by atoms with Gasteiger partial charge in [0.1, 0.15) is 10.9 Å². The molecule has 0 saturated heterocycles. The molecule has 4 rings (SSSR count). The summed E-state index contributed by atoms with van der Waals surface area (Å²) >= 11 is 5.84. The Morgan fingerprint density at radius 1 is 1.24 bits per heavy atom. The number of rotatable bonds is 3. The van der Waals surface area contributed by atoms with Crippen molar-refractivity contribution in [2.45, 2.75) is 20.3 Å². The third-order valence-electron chi connectivity index (χ3n) is 3.77. The van der Waals surface area contributed by atoms with Gasteiger partial charge in [-0.05, 0) is 31.5 Å². The highest BCUT2D eigenvalue weighted by Crippen LogP contribution is 2.21. The number of nitrogens with zero attached hydrogens (tertiary/aromatic N) is 5. The van der Waals surface area contributed by atoms with Crippen molar-refractivity contribution in [2.24, 2.45) is 4.99 Å². The van der Waals surface area contributed by atoms with E-state index in [-0.39, 0.29) is 5.68 Å². The Kier molecular flexibility index (Phi) is 3.85. The van der Waals surface area contributed by atoms with E-state index in [2.05, 4.69) is 20.2 Å². The first-order chi connectivity index (χ1) is 12.1. The molecule has 126 valence electrons. The van der Waals surface area contributed by atoms with Gasteiger partial charge in [-0.25, -0.2) is 4.98 Å². The lowest BCUT2D eigenvalue weighted by molar-refractivity contribution is -0.594. The first-order valence-corrected chi connectivity index (χ1v) is 8.04. The molecule has 0 aliphatic carbocycles. The first kappa shape index (κ1) is 15.6. The van der Waals surface area contributed by atoms with Gasteiger partial charge in [-0.2, -0.15) is 5.10 Å². The Bertz CT molecular complexity index is 1090. The van der Waals surface area contributed by atoms with Crippen LogP contribution in [0.1, 0.15) is 22.7 Å². The second-order valence-electron chi connectivity index (χ2n) is 5.60. The maximum absolute atomic E-state index is 5.84. The van der Waals surface area contributed by atoms with Crippen molar-refractivity contribution in [1.29, 1.82) is 0 Å². The molecule has 0 radical (unpaired) electrons. The SMILES string of the molecule is Cc1noc(C)c1N=c1[n-][n+]2c(Cc3ccc(Cl)nc3)cccc2o1. The van der Waals surface area contributed by atoms with Crippen LogP contribution in [0.3, 0.4) is 0 Å². The summed E-state index contributed by atoms with van der Waals surface area (Å²) in [7, 11) is 0. The highest BCUT2D eigenvalue weighted by atomic mass is 35.5. The highest BCUT2D eigenvalue weighted by Gasteiger charge is 2.13. The fourth-order valence-corrected chi connectivity index (χ4v) is 2.66. The Hall–Kier alpha value is -2.93. The van der Waals surface area contributed by atoms with Crippen molar-refractivity contribution in [3.8, 4) is 0 Å². The summed E-state index contributed by atoms with van der Waals surface area (Å²) < 4.78 is 12.6. The minimum absolute atomic E-state index is 0.246. The number of aryl methyl sites for hydroxylation is 2. The van der Waals surface area contributed by atoms with Gasteiger partial charge in [0.15, 0.2) is 5.68 Å². The number of hydrogen-bond acceptors (Lipinski definition) is 5. The Morgan fingerprint density at radius 2 is 2.12 bits per heavy atom. The van der Waals surface area contributed by atoms with Gasteiger partial charge < -0.3 is 13.9 Å². The molecule has 0 aliphatic heterocycles. The molecule has 4 aromatic heterocycles. The molecule has 0 bridgehead atoms. The highest BCUT2D eigenvalue weighted by molar-refractivity contribution is 6.29. The maximum Gasteiger partial charge on any atom is 0.386 e. The standard InChI is InChI=1S/C17H14ClN5O2/c1-10-16(11(2)25-22-10)20-17-21-23-13(4-3-5-15(23)24-17)8-12-6-7-14(18)19-9-12/h3-7,9H,8H2,1-2H3. The zero-order valence-electron chi connectivity index (χ0n) is 13.6. The van der Waals surface area contributed by atoms with Crippen molar-refractivity contribution < 1.29 is 13.5 Å². The Morgan fingerprint density at radius 3 is 2.84 bits per heavy atom. The number of aromatic nitrogens is 4. The molecule has 0 N–H and O–H groups in total. The first-order valence-electron chi connectivity index (χ1n) is 7.66. The quantitative estimate of drug-likeness (QED) is 0.416. The fourth-order valence-electron chi connectivity index (χ4n) is 2.55. The van der Waals surface area contributed by atoms with Gasteiger partial charge >= 0.3 is 5.71 Å². The molecular formula is C17H14ClN5O2. The maximum atomic E-state index is 5.84. The molecule has 0 fully saturated rings. The molecular weight excluding hydrogens is 342 g/mol. The van der Waals surface area contributed by atoms with Crippen LogP contribution in [0.25, 0.3) is 5.71 Å². The third-order valence-corrected chi connectivity index (χ3v) is 3.99. The summed E-state index contributed by atoms with van der Waals surface area (Å²) in [6, 6.07) is 9.43. The van der Waals surface area contributed by atoms with E-state index < -0.39 is 0 Å². The number of hydrogen-bond donors (Lipinski definition) is 0. The van der Waals surface area contributed by atoms with Gasteiger partial charge in [-0.1, -0.05) is 22.8 Å². The lowest BCUT2D eigenvalue weighted by atomic mass is 10.1. The van der Waals surface area contributed by atoms with E-state index in [4.69, 9.17) is 20.5 Å². The lowest BCUT2D eigenvalue weighted by Gasteiger charge is -1.98. The van der Waals surface area contributed by atoms with Gasteiger partial charge in [0.2, 0.25) is 5.69 Å². The van der Waals surface area contributed by atoms with Crippen LogP contribution in [0.2, 0.25) is 5.15 Å². The van der Waals surface area contributed by atoms with Crippen molar-refractivity contribution in [2.75, 3.05) is 0 Å². The summed E-state index contributed by atoms with van der Waals surface area (Å²) in [5.41, 5.74) is 4.15. The molecule has 7 nitrogen and oxygen atoms in total. The normalized spacial score (nSPS) is 12.2. The van der Waals surface area contributed by atoms with E-state index in [0.29, 0.717) is 34.4 Å². The topological polar surface area (TPSA) is 82.6 Å². The molecule has 25 heavy (non-hydrogen) atoms. The Balaban J connectivity index is 1.77. The van der Waals surface area contributed by atoms with Crippen LogP contribution in [-0.2, 0) is 6.42 Å². The Labute approximate surface area is 147 Å². The molecule has 0 aliphatic rings. The van der Waals surface area contributed by atoms with Crippen molar-refractivity contribution in [3.63, 3.8) is 0 Å². The van der Waals surface area contributed by atoms with E-state index in [9.17, 15) is 0 Å². The van der Waals surface area contributed by atoms with Crippen molar-refractivity contribution in [1.82, 2.24) is 15.2 Å². The van der Waals surface area contributed by atoms with Crippen LogP contribution < -0.4 is 15.3 Å². The average Bonchev–Trinajstić information content (AvgIpc) is 3.16. The summed E-state index contributed by atoms with van der Waals surface area (Å²) in [6.07, 6.45) is 2.39. The molecule has 0 saturated carbocycles. The summed E-state index contributed by atoms with van der Waals surface area (Å²) in [6.45, 7) is 3.62. The second-order valence-corrected chi connectivity index (χ2v) is 5.99. The van der Waals surface area contributed by atoms with Crippen LogP contribution in [-0.4, -0.2) is 10.1 Å². The minimum atomic E-state index is 0.246. The van der Waals surface area contributed by atoms with Crippen LogP contribution in [0.15, 0.2) is 50.5 Å². The van der Waals surface area contributed by atoms with Gasteiger partial charge in [0, 0.05) is 18.0 Å². The van der Waals surface area contributed by atoms with Gasteiger partial charge in [0.25, 0.3) is 0 Å². The van der Waals surface area contributed by atoms with E-state index in [1.165, 1.54) is 0 Å². The zero-order chi connectivity index (χ0) is 17.4. The predicted molar refractivity (Wildman–Crippen MR) is 88.4 cm³/mol. The summed E-state index contributed by atoms with van der Waals surface area (Å²) in [4.78, 5) is 8.52. The fraction of sp³-hybridized carbons (Fsp3) is 0.176. The molecule has 0 amide bonds. The van der Waals surface area contributed by atoms with Gasteiger partial charge in [0.05, 0.1) is 18.2 Å². The van der Waals surface area contributed by atoms with Crippen LogP contribution in [0.5, 0.6) is 0 Å². The monoisotopic (exact) mass is 355 g/mol. The number of halogens is 1. The minimum Gasteiger partial charge on any atom is -0.407 e. The molecule has 0 unspecified atom stereocenters. The van der Waals surface area contributed by atoms with Gasteiger partial charge in [-0.3, -0.25) is 0 Å². The predicted octanol–water partition coefficient (Wildman–Crippen LogP) is 2.45. The van der Waals surface area contributed by atoms with E-state index in [1.807, 2.05) is 31.2 Å².